The van der Waals surface area contributed by atoms with Crippen molar-refractivity contribution in [2.75, 3.05) is 5.75 Å². The van der Waals surface area contributed by atoms with Crippen LogP contribution in [0, 0.1) is 0 Å². The Balaban J connectivity index is 2.02. The van der Waals surface area contributed by atoms with Gasteiger partial charge in [0.15, 0.2) is 0 Å². The van der Waals surface area contributed by atoms with Crippen molar-refractivity contribution in [2.45, 2.75) is 11.4 Å². The van der Waals surface area contributed by atoms with Gasteiger partial charge in [0.1, 0.15) is 11.4 Å². The zero-order chi connectivity index (χ0) is 17.3. The number of hydrogen-bond acceptors (Lipinski definition) is 3. The molecule has 4 nitrogen and oxygen atoms in total. The standard InChI is InChI=1S/C17H13Cl2NO3S/c18-11-5-3-4-10(8-11)15(21)20-14(17(22)23)9-24-16(20)12-6-1-2-7-13(12)19/h1-8,14,16H,9H2,(H,22,23)/t14-,16-/m0/s1. The molecule has 2 aromatic rings. The average molecular weight is 382 g/mol. The molecule has 1 fully saturated rings. The summed E-state index contributed by atoms with van der Waals surface area (Å²) in [5.41, 5.74) is 1.08. The van der Waals surface area contributed by atoms with Crippen LogP contribution in [0.25, 0.3) is 0 Å². The van der Waals surface area contributed by atoms with Crippen molar-refractivity contribution in [3.8, 4) is 0 Å². The number of amides is 1. The minimum atomic E-state index is -1.03. The van der Waals surface area contributed by atoms with Gasteiger partial charge in [-0.2, -0.15) is 0 Å². The molecular formula is C17H13Cl2NO3S. The molecular weight excluding hydrogens is 369 g/mol. The van der Waals surface area contributed by atoms with E-state index in [4.69, 9.17) is 23.2 Å². The highest BCUT2D eigenvalue weighted by Crippen LogP contribution is 2.44. The Labute approximate surface area is 153 Å². The fraction of sp³-hybridized carbons (Fsp3) is 0.176. The Morgan fingerprint density at radius 1 is 1.12 bits per heavy atom. The number of halogens is 2. The summed E-state index contributed by atoms with van der Waals surface area (Å²) in [5, 5.41) is 9.98. The first kappa shape index (κ1) is 17.1. The van der Waals surface area contributed by atoms with Crippen molar-refractivity contribution in [2.24, 2.45) is 0 Å². The summed E-state index contributed by atoms with van der Waals surface area (Å²) in [7, 11) is 0. The van der Waals surface area contributed by atoms with E-state index in [1.165, 1.54) is 22.7 Å². The molecule has 0 unspecified atom stereocenters. The zero-order valence-electron chi connectivity index (χ0n) is 12.4. The molecule has 0 saturated carbocycles. The van der Waals surface area contributed by atoms with Crippen LogP contribution < -0.4 is 0 Å². The van der Waals surface area contributed by atoms with E-state index < -0.39 is 17.4 Å². The highest BCUT2D eigenvalue weighted by molar-refractivity contribution is 7.99. The maximum absolute atomic E-state index is 13.0. The summed E-state index contributed by atoms with van der Waals surface area (Å²) >= 11 is 13.6. The molecule has 0 aromatic heterocycles. The Kier molecular flexibility index (Phi) is 5.04. The first-order valence-corrected chi connectivity index (χ1v) is 8.96. The molecule has 0 aliphatic carbocycles. The van der Waals surface area contributed by atoms with Crippen LogP contribution in [0.1, 0.15) is 21.3 Å². The molecule has 0 radical (unpaired) electrons. The number of thioether (sulfide) groups is 1. The molecule has 7 heteroatoms. The molecule has 2 aromatic carbocycles. The van der Waals surface area contributed by atoms with Crippen LogP contribution >= 0.6 is 35.0 Å². The van der Waals surface area contributed by atoms with E-state index in [1.807, 2.05) is 12.1 Å². The second-order valence-corrected chi connectivity index (χ2v) is 7.24. The summed E-state index contributed by atoms with van der Waals surface area (Å²) in [4.78, 5) is 25.9. The van der Waals surface area contributed by atoms with Gasteiger partial charge in [-0.15, -0.1) is 11.8 Å². The van der Waals surface area contributed by atoms with E-state index in [2.05, 4.69) is 0 Å². The van der Waals surface area contributed by atoms with Gasteiger partial charge in [0, 0.05) is 26.9 Å². The molecule has 0 spiro atoms. The molecule has 24 heavy (non-hydrogen) atoms. The fourth-order valence-electron chi connectivity index (χ4n) is 2.63. The normalized spacial score (nSPS) is 20.2. The van der Waals surface area contributed by atoms with Gasteiger partial charge < -0.3 is 10.0 Å². The lowest BCUT2D eigenvalue weighted by Gasteiger charge is -2.28. The van der Waals surface area contributed by atoms with Gasteiger partial charge in [-0.1, -0.05) is 47.5 Å². The molecule has 1 aliphatic heterocycles. The Morgan fingerprint density at radius 3 is 2.54 bits per heavy atom. The molecule has 1 heterocycles. The number of carbonyl (C=O) groups excluding carboxylic acids is 1. The van der Waals surface area contributed by atoms with Gasteiger partial charge in [0.05, 0.1) is 0 Å². The molecule has 124 valence electrons. The van der Waals surface area contributed by atoms with Crippen molar-refractivity contribution >= 4 is 46.8 Å². The largest absolute Gasteiger partial charge is 0.480 e. The third-order valence-corrected chi connectivity index (χ3v) is 5.65. The molecule has 1 saturated heterocycles. The molecule has 1 N–H and O–H groups in total. The van der Waals surface area contributed by atoms with Crippen molar-refractivity contribution in [1.82, 2.24) is 4.90 Å². The van der Waals surface area contributed by atoms with Crippen LogP contribution in [0.15, 0.2) is 48.5 Å². The van der Waals surface area contributed by atoms with Crippen LogP contribution in [-0.2, 0) is 4.79 Å². The predicted molar refractivity (Wildman–Crippen MR) is 95.7 cm³/mol. The summed E-state index contributed by atoms with van der Waals surface area (Å²) in [6, 6.07) is 12.7. The first-order chi connectivity index (χ1) is 11.5. The number of hydrogen-bond donors (Lipinski definition) is 1. The highest BCUT2D eigenvalue weighted by atomic mass is 35.5. The van der Waals surface area contributed by atoms with Gasteiger partial charge in [-0.3, -0.25) is 4.79 Å². The van der Waals surface area contributed by atoms with E-state index in [-0.39, 0.29) is 5.91 Å². The third kappa shape index (κ3) is 3.24. The monoisotopic (exact) mass is 381 g/mol. The summed E-state index contributed by atoms with van der Waals surface area (Å²) in [5.74, 6) is -1.11. The summed E-state index contributed by atoms with van der Waals surface area (Å²) in [6.45, 7) is 0. The lowest BCUT2D eigenvalue weighted by molar-refractivity contribution is -0.141. The molecule has 1 aliphatic rings. The molecule has 3 rings (SSSR count). The molecule has 2 atom stereocenters. The van der Waals surface area contributed by atoms with Crippen molar-refractivity contribution in [3.63, 3.8) is 0 Å². The van der Waals surface area contributed by atoms with E-state index in [0.29, 0.717) is 21.4 Å². The van der Waals surface area contributed by atoms with Crippen LogP contribution in [0.2, 0.25) is 10.0 Å². The quantitative estimate of drug-likeness (QED) is 0.858. The van der Waals surface area contributed by atoms with Crippen LogP contribution in [0.4, 0.5) is 0 Å². The Bertz CT molecular complexity index is 799. The number of carboxylic acids is 1. The molecule has 1 amide bonds. The van der Waals surface area contributed by atoms with E-state index in [9.17, 15) is 14.7 Å². The fourth-order valence-corrected chi connectivity index (χ4v) is 4.58. The van der Waals surface area contributed by atoms with Crippen LogP contribution in [0.5, 0.6) is 0 Å². The second kappa shape index (κ2) is 7.05. The van der Waals surface area contributed by atoms with Gasteiger partial charge in [-0.25, -0.2) is 4.79 Å². The van der Waals surface area contributed by atoms with E-state index in [1.54, 1.807) is 30.3 Å². The van der Waals surface area contributed by atoms with E-state index >= 15 is 0 Å². The maximum Gasteiger partial charge on any atom is 0.327 e. The lowest BCUT2D eigenvalue weighted by Crippen LogP contribution is -2.43. The Hall–Kier alpha value is -1.69. The van der Waals surface area contributed by atoms with Crippen molar-refractivity contribution < 1.29 is 14.7 Å². The first-order valence-electron chi connectivity index (χ1n) is 7.16. The minimum Gasteiger partial charge on any atom is -0.480 e. The van der Waals surface area contributed by atoms with Crippen LogP contribution in [-0.4, -0.2) is 33.7 Å². The summed E-state index contributed by atoms with van der Waals surface area (Å²) < 4.78 is 0. The number of nitrogens with zero attached hydrogens (tertiary/aromatic N) is 1. The van der Waals surface area contributed by atoms with Gasteiger partial charge in [-0.05, 0) is 24.3 Å². The minimum absolute atomic E-state index is 0.303. The number of rotatable bonds is 3. The summed E-state index contributed by atoms with van der Waals surface area (Å²) in [6.07, 6.45) is 0. The zero-order valence-corrected chi connectivity index (χ0v) is 14.7. The lowest BCUT2D eigenvalue weighted by atomic mass is 10.1. The molecule has 0 bridgehead atoms. The SMILES string of the molecule is O=C(O)[C@@H]1CS[C@@H](c2ccccc2Cl)N1C(=O)c1cccc(Cl)c1. The van der Waals surface area contributed by atoms with Gasteiger partial charge >= 0.3 is 5.97 Å². The average Bonchev–Trinajstić information content (AvgIpc) is 2.99. The predicted octanol–water partition coefficient (Wildman–Crippen LogP) is 4.33. The van der Waals surface area contributed by atoms with Crippen molar-refractivity contribution in [3.05, 3.63) is 69.7 Å². The van der Waals surface area contributed by atoms with Gasteiger partial charge in [0.25, 0.3) is 5.91 Å². The highest BCUT2D eigenvalue weighted by Gasteiger charge is 2.43. The smallest absolute Gasteiger partial charge is 0.327 e. The third-order valence-electron chi connectivity index (χ3n) is 3.76. The number of carboxylic acid groups (broad SMARTS) is 1. The maximum atomic E-state index is 13.0. The Morgan fingerprint density at radius 2 is 1.88 bits per heavy atom. The van der Waals surface area contributed by atoms with Gasteiger partial charge in [0.2, 0.25) is 0 Å². The van der Waals surface area contributed by atoms with Crippen molar-refractivity contribution in [1.29, 1.82) is 0 Å². The van der Waals surface area contributed by atoms with Crippen LogP contribution in [0.3, 0.4) is 0 Å². The van der Waals surface area contributed by atoms with E-state index in [0.717, 1.165) is 5.56 Å². The second-order valence-electron chi connectivity index (χ2n) is 5.28. The number of benzene rings is 2. The number of carbonyl (C=O) groups is 2. The topological polar surface area (TPSA) is 57.6 Å². The number of aliphatic carboxylic acids is 1.